The molecule has 1 unspecified atom stereocenters. The van der Waals surface area contributed by atoms with Crippen LogP contribution in [0.15, 0.2) is 0 Å². The van der Waals surface area contributed by atoms with E-state index in [9.17, 15) is 9.59 Å². The van der Waals surface area contributed by atoms with Gasteiger partial charge in [0.05, 0.1) is 17.1 Å². The van der Waals surface area contributed by atoms with Crippen molar-refractivity contribution >= 4 is 17.5 Å². The van der Waals surface area contributed by atoms with Gasteiger partial charge >= 0.3 is 0 Å². The predicted octanol–water partition coefficient (Wildman–Crippen LogP) is -0.292. The normalized spacial score (nSPS) is 12.5. The summed E-state index contributed by atoms with van der Waals surface area (Å²) >= 11 is 0. The van der Waals surface area contributed by atoms with Crippen molar-refractivity contribution in [2.45, 2.75) is 40.3 Å². The van der Waals surface area contributed by atoms with E-state index in [0.717, 1.165) is 5.69 Å². The molecule has 0 saturated heterocycles. The fourth-order valence-electron chi connectivity index (χ4n) is 1.79. The Labute approximate surface area is 112 Å². The van der Waals surface area contributed by atoms with Gasteiger partial charge in [0.2, 0.25) is 11.8 Å². The van der Waals surface area contributed by atoms with Crippen LogP contribution in [0.1, 0.15) is 25.2 Å². The molecule has 2 amide bonds. The third-order valence-corrected chi connectivity index (χ3v) is 3.02. The van der Waals surface area contributed by atoms with Crippen LogP contribution >= 0.6 is 0 Å². The molecule has 7 heteroatoms. The Kier molecular flexibility index (Phi) is 4.52. The van der Waals surface area contributed by atoms with Crippen molar-refractivity contribution in [1.82, 2.24) is 15.1 Å². The number of nitrogen functional groups attached to an aromatic ring is 1. The lowest BCUT2D eigenvalue weighted by atomic mass is 10.0. The van der Waals surface area contributed by atoms with Gasteiger partial charge in [-0.25, -0.2) is 0 Å². The zero-order chi connectivity index (χ0) is 14.7. The minimum absolute atomic E-state index is 0.0143. The summed E-state index contributed by atoms with van der Waals surface area (Å²) in [6.07, 6.45) is 0. The molecule has 0 aliphatic rings. The molecule has 5 N–H and O–H groups in total. The van der Waals surface area contributed by atoms with Crippen LogP contribution < -0.4 is 16.8 Å². The molecule has 0 aliphatic carbocycles. The molecule has 0 aromatic carbocycles. The number of nitrogens with one attached hydrogen (secondary N) is 1. The number of nitrogens with zero attached hydrogens (tertiary/aromatic N) is 2. The summed E-state index contributed by atoms with van der Waals surface area (Å²) in [4.78, 5) is 23.1. The monoisotopic (exact) mass is 267 g/mol. The van der Waals surface area contributed by atoms with Crippen LogP contribution in [0.25, 0.3) is 0 Å². The molecule has 0 radical (unpaired) electrons. The molecule has 0 spiro atoms. The van der Waals surface area contributed by atoms with E-state index in [1.54, 1.807) is 13.8 Å². The first-order valence-corrected chi connectivity index (χ1v) is 6.12. The van der Waals surface area contributed by atoms with E-state index in [4.69, 9.17) is 11.5 Å². The summed E-state index contributed by atoms with van der Waals surface area (Å²) < 4.78 is 1.51. The van der Waals surface area contributed by atoms with Crippen LogP contribution in [0.4, 0.5) is 5.69 Å². The molecule has 1 aromatic heterocycles. The zero-order valence-corrected chi connectivity index (χ0v) is 11.7. The first-order valence-electron chi connectivity index (χ1n) is 6.12. The lowest BCUT2D eigenvalue weighted by Crippen LogP contribution is -2.48. The summed E-state index contributed by atoms with van der Waals surface area (Å²) in [5.41, 5.74) is 13.0. The van der Waals surface area contributed by atoms with Gasteiger partial charge in [0, 0.05) is 0 Å². The van der Waals surface area contributed by atoms with E-state index in [-0.39, 0.29) is 18.4 Å². The molecular weight excluding hydrogens is 246 g/mol. The molecular formula is C12H21N5O2. The second-order valence-corrected chi connectivity index (χ2v) is 4.93. The van der Waals surface area contributed by atoms with Gasteiger partial charge in [-0.15, -0.1) is 0 Å². The van der Waals surface area contributed by atoms with Crippen LogP contribution in [0, 0.1) is 19.8 Å². The summed E-state index contributed by atoms with van der Waals surface area (Å²) in [6.45, 7) is 7.21. The maximum atomic E-state index is 11.9. The van der Waals surface area contributed by atoms with Crippen LogP contribution in [0.2, 0.25) is 0 Å². The Bertz CT molecular complexity index is 493. The summed E-state index contributed by atoms with van der Waals surface area (Å²) in [6, 6.07) is -0.679. The minimum Gasteiger partial charge on any atom is -0.396 e. The van der Waals surface area contributed by atoms with Crippen LogP contribution in [0.3, 0.4) is 0 Å². The average Bonchev–Trinajstić information content (AvgIpc) is 2.53. The fourth-order valence-corrected chi connectivity index (χ4v) is 1.79. The zero-order valence-electron chi connectivity index (χ0n) is 11.7. The Hall–Kier alpha value is -2.05. The number of hydrogen-bond donors (Lipinski definition) is 3. The third kappa shape index (κ3) is 3.46. The van der Waals surface area contributed by atoms with Gasteiger partial charge in [-0.2, -0.15) is 5.10 Å². The van der Waals surface area contributed by atoms with E-state index in [1.807, 2.05) is 13.8 Å². The van der Waals surface area contributed by atoms with Gasteiger partial charge < -0.3 is 16.8 Å². The lowest BCUT2D eigenvalue weighted by molar-refractivity contribution is -0.128. The van der Waals surface area contributed by atoms with Gasteiger partial charge in [0.25, 0.3) is 0 Å². The number of aromatic nitrogens is 2. The number of anilines is 1. The largest absolute Gasteiger partial charge is 0.396 e. The van der Waals surface area contributed by atoms with E-state index in [2.05, 4.69) is 10.4 Å². The number of carbonyl (C=O) groups excluding carboxylic acids is 2. The Morgan fingerprint density at radius 2 is 1.95 bits per heavy atom. The van der Waals surface area contributed by atoms with Crippen molar-refractivity contribution in [1.29, 1.82) is 0 Å². The van der Waals surface area contributed by atoms with Gasteiger partial charge in [-0.1, -0.05) is 13.8 Å². The highest BCUT2D eigenvalue weighted by atomic mass is 16.2. The Morgan fingerprint density at radius 3 is 2.32 bits per heavy atom. The van der Waals surface area contributed by atoms with Gasteiger partial charge in [0.15, 0.2) is 0 Å². The first-order chi connectivity index (χ1) is 8.73. The van der Waals surface area contributed by atoms with Crippen molar-refractivity contribution < 1.29 is 9.59 Å². The fraction of sp³-hybridized carbons (Fsp3) is 0.583. The maximum Gasteiger partial charge on any atom is 0.242 e. The van der Waals surface area contributed by atoms with Crippen molar-refractivity contribution in [2.75, 3.05) is 5.73 Å². The van der Waals surface area contributed by atoms with E-state index in [0.29, 0.717) is 11.4 Å². The Balaban J connectivity index is 2.75. The van der Waals surface area contributed by atoms with Gasteiger partial charge in [-0.3, -0.25) is 14.3 Å². The number of primary amides is 1. The number of aryl methyl sites for hydroxylation is 1. The molecule has 1 heterocycles. The van der Waals surface area contributed by atoms with Crippen LogP contribution in [-0.2, 0) is 16.1 Å². The highest BCUT2D eigenvalue weighted by Gasteiger charge is 2.22. The molecule has 7 nitrogen and oxygen atoms in total. The summed E-state index contributed by atoms with van der Waals surface area (Å²) in [5, 5.41) is 6.77. The summed E-state index contributed by atoms with van der Waals surface area (Å²) in [5.74, 6) is -0.925. The number of carbonyl (C=O) groups is 2. The van der Waals surface area contributed by atoms with Crippen molar-refractivity contribution in [3.05, 3.63) is 11.4 Å². The smallest absolute Gasteiger partial charge is 0.242 e. The minimum atomic E-state index is -0.679. The van der Waals surface area contributed by atoms with Gasteiger partial charge in [0.1, 0.15) is 12.6 Å². The maximum absolute atomic E-state index is 11.9. The van der Waals surface area contributed by atoms with Crippen LogP contribution in [-0.4, -0.2) is 27.6 Å². The molecule has 1 atom stereocenters. The number of amides is 2. The first kappa shape index (κ1) is 15.0. The second kappa shape index (κ2) is 5.73. The number of hydrogen-bond acceptors (Lipinski definition) is 4. The molecule has 19 heavy (non-hydrogen) atoms. The highest BCUT2D eigenvalue weighted by Crippen LogP contribution is 2.14. The molecule has 106 valence electrons. The quantitative estimate of drug-likeness (QED) is 0.679. The molecule has 0 saturated carbocycles. The molecule has 1 rings (SSSR count). The Morgan fingerprint density at radius 1 is 1.37 bits per heavy atom. The average molecular weight is 267 g/mol. The van der Waals surface area contributed by atoms with Crippen molar-refractivity contribution in [3.63, 3.8) is 0 Å². The van der Waals surface area contributed by atoms with Crippen molar-refractivity contribution in [3.8, 4) is 0 Å². The SMILES string of the molecule is Cc1nn(CC(=O)NC(C(N)=O)C(C)C)c(C)c1N. The molecule has 1 aromatic rings. The second-order valence-electron chi connectivity index (χ2n) is 4.93. The van der Waals surface area contributed by atoms with E-state index in [1.165, 1.54) is 4.68 Å². The van der Waals surface area contributed by atoms with E-state index < -0.39 is 11.9 Å². The molecule has 0 aliphatic heterocycles. The molecule has 0 bridgehead atoms. The lowest BCUT2D eigenvalue weighted by Gasteiger charge is -2.19. The van der Waals surface area contributed by atoms with Crippen molar-refractivity contribution in [2.24, 2.45) is 11.7 Å². The van der Waals surface area contributed by atoms with Gasteiger partial charge in [-0.05, 0) is 19.8 Å². The van der Waals surface area contributed by atoms with E-state index >= 15 is 0 Å². The third-order valence-electron chi connectivity index (χ3n) is 3.02. The van der Waals surface area contributed by atoms with Crippen LogP contribution in [0.5, 0.6) is 0 Å². The molecule has 0 fully saturated rings. The predicted molar refractivity (Wildman–Crippen MR) is 72.1 cm³/mol. The number of rotatable bonds is 5. The summed E-state index contributed by atoms with van der Waals surface area (Å²) in [7, 11) is 0. The number of nitrogens with two attached hydrogens (primary N) is 2. The highest BCUT2D eigenvalue weighted by molar-refractivity contribution is 5.86. The topological polar surface area (TPSA) is 116 Å². The standard InChI is InChI=1S/C12H21N5O2/c1-6(2)11(12(14)19)15-9(18)5-17-8(4)10(13)7(3)16-17/h6,11H,5,13H2,1-4H3,(H2,14,19)(H,15,18).